The summed E-state index contributed by atoms with van der Waals surface area (Å²) >= 11 is 1.77. The van der Waals surface area contributed by atoms with Gasteiger partial charge in [0, 0.05) is 36.8 Å². The zero-order valence-electron chi connectivity index (χ0n) is 12.4. The summed E-state index contributed by atoms with van der Waals surface area (Å²) in [6.45, 7) is 9.95. The molecule has 1 aliphatic heterocycles. The van der Waals surface area contributed by atoms with E-state index in [1.807, 2.05) is 6.20 Å². The SMILES string of the molecule is CCNc1ncc(CN(C)CC2CCCN2CC)s1. The van der Waals surface area contributed by atoms with Crippen LogP contribution in [0.5, 0.6) is 0 Å². The largest absolute Gasteiger partial charge is 0.362 e. The van der Waals surface area contributed by atoms with Crippen LogP contribution in [0.1, 0.15) is 31.6 Å². The lowest BCUT2D eigenvalue weighted by Crippen LogP contribution is -2.38. The molecule has 5 heteroatoms. The topological polar surface area (TPSA) is 31.4 Å². The highest BCUT2D eigenvalue weighted by Gasteiger charge is 2.24. The van der Waals surface area contributed by atoms with Crippen molar-refractivity contribution >= 4 is 16.5 Å². The van der Waals surface area contributed by atoms with Gasteiger partial charge in [0.25, 0.3) is 0 Å². The first kappa shape index (κ1) is 14.8. The van der Waals surface area contributed by atoms with E-state index in [0.29, 0.717) is 0 Å². The summed E-state index contributed by atoms with van der Waals surface area (Å²) in [6, 6.07) is 0.746. The minimum atomic E-state index is 0.746. The molecule has 0 amide bonds. The summed E-state index contributed by atoms with van der Waals surface area (Å²) in [4.78, 5) is 10.8. The number of anilines is 1. The lowest BCUT2D eigenvalue weighted by molar-refractivity contribution is 0.195. The quantitative estimate of drug-likeness (QED) is 0.832. The van der Waals surface area contributed by atoms with Crippen molar-refractivity contribution in [2.75, 3.05) is 38.5 Å². The maximum atomic E-state index is 4.39. The molecular formula is C14H26N4S. The molecule has 0 bridgehead atoms. The Morgan fingerprint density at radius 1 is 1.53 bits per heavy atom. The highest BCUT2D eigenvalue weighted by molar-refractivity contribution is 7.15. The van der Waals surface area contributed by atoms with Crippen molar-refractivity contribution < 1.29 is 0 Å². The van der Waals surface area contributed by atoms with Crippen LogP contribution in [-0.2, 0) is 6.54 Å². The predicted octanol–water partition coefficient (Wildman–Crippen LogP) is 2.49. The average molecular weight is 282 g/mol. The molecule has 1 aromatic heterocycles. The van der Waals surface area contributed by atoms with Gasteiger partial charge in [0.1, 0.15) is 0 Å². The summed E-state index contributed by atoms with van der Waals surface area (Å²) in [5.41, 5.74) is 0. The van der Waals surface area contributed by atoms with E-state index in [1.165, 1.54) is 37.4 Å². The van der Waals surface area contributed by atoms with Gasteiger partial charge in [0.15, 0.2) is 5.13 Å². The normalized spacial score (nSPS) is 20.3. The number of nitrogens with one attached hydrogen (secondary N) is 1. The summed E-state index contributed by atoms with van der Waals surface area (Å²) in [7, 11) is 2.22. The van der Waals surface area contributed by atoms with Crippen LogP contribution in [-0.4, -0.2) is 54.1 Å². The number of aromatic nitrogens is 1. The van der Waals surface area contributed by atoms with Gasteiger partial charge in [-0.15, -0.1) is 11.3 Å². The number of hydrogen-bond acceptors (Lipinski definition) is 5. The lowest BCUT2D eigenvalue weighted by Gasteiger charge is -2.27. The highest BCUT2D eigenvalue weighted by atomic mass is 32.1. The van der Waals surface area contributed by atoms with Crippen molar-refractivity contribution in [2.24, 2.45) is 0 Å². The van der Waals surface area contributed by atoms with E-state index in [-0.39, 0.29) is 0 Å². The molecule has 19 heavy (non-hydrogen) atoms. The van der Waals surface area contributed by atoms with Crippen molar-refractivity contribution in [3.63, 3.8) is 0 Å². The third kappa shape index (κ3) is 4.16. The smallest absolute Gasteiger partial charge is 0.182 e. The van der Waals surface area contributed by atoms with E-state index in [0.717, 1.165) is 24.3 Å². The number of likely N-dealkylation sites (tertiary alicyclic amines) is 1. The van der Waals surface area contributed by atoms with E-state index in [1.54, 1.807) is 11.3 Å². The molecule has 1 saturated heterocycles. The Hall–Kier alpha value is -0.650. The third-order valence-electron chi connectivity index (χ3n) is 3.73. The molecule has 2 heterocycles. The van der Waals surface area contributed by atoms with Crippen molar-refractivity contribution in [3.05, 3.63) is 11.1 Å². The molecule has 1 aromatic rings. The molecular weight excluding hydrogens is 256 g/mol. The summed E-state index contributed by atoms with van der Waals surface area (Å²) in [5.74, 6) is 0. The van der Waals surface area contributed by atoms with Crippen molar-refractivity contribution in [1.29, 1.82) is 0 Å². The number of hydrogen-bond donors (Lipinski definition) is 1. The van der Waals surface area contributed by atoms with Crippen LogP contribution in [0.15, 0.2) is 6.20 Å². The molecule has 1 atom stereocenters. The van der Waals surface area contributed by atoms with Crippen LogP contribution in [0.2, 0.25) is 0 Å². The Morgan fingerprint density at radius 2 is 2.37 bits per heavy atom. The molecule has 0 saturated carbocycles. The minimum absolute atomic E-state index is 0.746. The first-order valence-electron chi connectivity index (χ1n) is 7.34. The van der Waals surface area contributed by atoms with Crippen LogP contribution in [0, 0.1) is 0 Å². The van der Waals surface area contributed by atoms with Gasteiger partial charge in [0.05, 0.1) is 0 Å². The van der Waals surface area contributed by atoms with E-state index in [2.05, 4.69) is 41.0 Å². The molecule has 1 unspecified atom stereocenters. The van der Waals surface area contributed by atoms with Gasteiger partial charge in [-0.2, -0.15) is 0 Å². The summed E-state index contributed by atoms with van der Waals surface area (Å²) < 4.78 is 0. The van der Waals surface area contributed by atoms with Gasteiger partial charge in [-0.05, 0) is 39.9 Å². The van der Waals surface area contributed by atoms with Gasteiger partial charge in [-0.3, -0.25) is 9.80 Å². The molecule has 2 rings (SSSR count). The monoisotopic (exact) mass is 282 g/mol. The first-order chi connectivity index (χ1) is 9.22. The molecule has 0 spiro atoms. The van der Waals surface area contributed by atoms with Gasteiger partial charge in [0.2, 0.25) is 0 Å². The first-order valence-corrected chi connectivity index (χ1v) is 8.15. The Balaban J connectivity index is 1.81. The molecule has 4 nitrogen and oxygen atoms in total. The van der Waals surface area contributed by atoms with Crippen molar-refractivity contribution in [1.82, 2.24) is 14.8 Å². The Labute approximate surface area is 120 Å². The van der Waals surface area contributed by atoms with Crippen LogP contribution in [0.25, 0.3) is 0 Å². The summed E-state index contributed by atoms with van der Waals surface area (Å²) in [6.07, 6.45) is 4.71. The zero-order valence-corrected chi connectivity index (χ0v) is 13.2. The molecule has 0 aliphatic carbocycles. The van der Waals surface area contributed by atoms with Crippen LogP contribution >= 0.6 is 11.3 Å². The molecule has 0 radical (unpaired) electrons. The van der Waals surface area contributed by atoms with E-state index < -0.39 is 0 Å². The molecule has 0 aromatic carbocycles. The lowest BCUT2D eigenvalue weighted by atomic mass is 10.2. The fourth-order valence-electron chi connectivity index (χ4n) is 2.82. The maximum Gasteiger partial charge on any atom is 0.182 e. The van der Waals surface area contributed by atoms with Gasteiger partial charge < -0.3 is 5.32 Å². The summed E-state index contributed by atoms with van der Waals surface area (Å²) in [5, 5.41) is 4.31. The Kier molecular flexibility index (Phi) is 5.60. The van der Waals surface area contributed by atoms with Gasteiger partial charge in [-0.1, -0.05) is 6.92 Å². The second-order valence-corrected chi connectivity index (χ2v) is 6.40. The van der Waals surface area contributed by atoms with Gasteiger partial charge >= 0.3 is 0 Å². The minimum Gasteiger partial charge on any atom is -0.362 e. The number of thiazole rings is 1. The third-order valence-corrected chi connectivity index (χ3v) is 4.67. The fourth-order valence-corrected chi connectivity index (χ4v) is 3.78. The van der Waals surface area contributed by atoms with Crippen molar-refractivity contribution in [3.8, 4) is 0 Å². The Morgan fingerprint density at radius 3 is 3.11 bits per heavy atom. The molecule has 1 aliphatic rings. The Bertz CT molecular complexity index is 379. The van der Waals surface area contributed by atoms with Crippen LogP contribution in [0.3, 0.4) is 0 Å². The maximum absolute atomic E-state index is 4.39. The molecule has 1 N–H and O–H groups in total. The highest BCUT2D eigenvalue weighted by Crippen LogP contribution is 2.21. The van der Waals surface area contributed by atoms with E-state index in [4.69, 9.17) is 0 Å². The average Bonchev–Trinajstić information content (AvgIpc) is 2.99. The fraction of sp³-hybridized carbons (Fsp3) is 0.786. The predicted molar refractivity (Wildman–Crippen MR) is 82.9 cm³/mol. The number of rotatable bonds is 7. The second kappa shape index (κ2) is 7.22. The van der Waals surface area contributed by atoms with Gasteiger partial charge in [-0.25, -0.2) is 4.98 Å². The second-order valence-electron chi connectivity index (χ2n) is 5.28. The van der Waals surface area contributed by atoms with Crippen LogP contribution < -0.4 is 5.32 Å². The molecule has 1 fully saturated rings. The molecule has 108 valence electrons. The van der Waals surface area contributed by atoms with Crippen LogP contribution in [0.4, 0.5) is 5.13 Å². The van der Waals surface area contributed by atoms with Crippen molar-refractivity contribution in [2.45, 2.75) is 39.3 Å². The van der Waals surface area contributed by atoms with E-state index >= 15 is 0 Å². The zero-order chi connectivity index (χ0) is 13.7. The standard InChI is InChI=1S/C14H26N4S/c1-4-15-14-16-9-13(19-14)11-17(3)10-12-7-6-8-18(12)5-2/h9,12H,4-8,10-11H2,1-3H3,(H,15,16). The number of likely N-dealkylation sites (N-methyl/N-ethyl adjacent to an activating group) is 2. The van der Waals surface area contributed by atoms with E-state index in [9.17, 15) is 0 Å². The number of nitrogens with zero attached hydrogens (tertiary/aromatic N) is 3.